The summed E-state index contributed by atoms with van der Waals surface area (Å²) in [4.78, 5) is 16.9. The van der Waals surface area contributed by atoms with Crippen molar-refractivity contribution in [2.45, 2.75) is 19.6 Å². The van der Waals surface area contributed by atoms with Crippen LogP contribution in [0.1, 0.15) is 12.5 Å². The first-order valence-corrected chi connectivity index (χ1v) is 9.38. The second kappa shape index (κ2) is 8.50. The van der Waals surface area contributed by atoms with Gasteiger partial charge in [0.2, 0.25) is 0 Å². The molecule has 1 aliphatic heterocycles. The maximum absolute atomic E-state index is 12.6. The van der Waals surface area contributed by atoms with E-state index in [4.69, 9.17) is 4.74 Å². The summed E-state index contributed by atoms with van der Waals surface area (Å²) >= 11 is 3.42. The van der Waals surface area contributed by atoms with Gasteiger partial charge in [0, 0.05) is 37.2 Å². The molecule has 1 fully saturated rings. The molecule has 1 aliphatic rings. The van der Waals surface area contributed by atoms with Crippen LogP contribution in [0, 0.1) is 0 Å². The quantitative estimate of drug-likeness (QED) is 0.766. The molecule has 25 heavy (non-hydrogen) atoms. The molecule has 0 bridgehead atoms. The number of benzene rings is 2. The van der Waals surface area contributed by atoms with Gasteiger partial charge in [-0.05, 0) is 30.7 Å². The third-order valence-corrected chi connectivity index (χ3v) is 4.88. The molecule has 0 radical (unpaired) electrons. The van der Waals surface area contributed by atoms with Gasteiger partial charge in [-0.15, -0.1) is 0 Å². The van der Waals surface area contributed by atoms with Crippen LogP contribution >= 0.6 is 15.9 Å². The van der Waals surface area contributed by atoms with Crippen LogP contribution in [-0.4, -0.2) is 48.0 Å². The predicted octanol–water partition coefficient (Wildman–Crippen LogP) is 3.56. The first-order valence-electron chi connectivity index (χ1n) is 8.59. The van der Waals surface area contributed by atoms with Crippen LogP contribution in [0.25, 0.3) is 0 Å². The molecule has 0 aromatic heterocycles. The maximum atomic E-state index is 12.6. The Bertz CT molecular complexity index is 700. The van der Waals surface area contributed by atoms with E-state index in [0.717, 1.165) is 37.2 Å². The number of amides is 1. The summed E-state index contributed by atoms with van der Waals surface area (Å²) < 4.78 is 6.74. The number of hydrogen-bond donors (Lipinski definition) is 0. The zero-order valence-electron chi connectivity index (χ0n) is 14.4. The fourth-order valence-corrected chi connectivity index (χ4v) is 3.40. The van der Waals surface area contributed by atoms with E-state index in [9.17, 15) is 4.79 Å². The molecule has 1 heterocycles. The molecule has 0 aliphatic carbocycles. The number of rotatable bonds is 5. The Morgan fingerprint density at radius 1 is 1.08 bits per heavy atom. The van der Waals surface area contributed by atoms with Gasteiger partial charge >= 0.3 is 0 Å². The molecule has 0 N–H and O–H groups in total. The van der Waals surface area contributed by atoms with Crippen molar-refractivity contribution in [2.24, 2.45) is 0 Å². The first kappa shape index (κ1) is 18.0. The molecule has 4 nitrogen and oxygen atoms in total. The highest BCUT2D eigenvalue weighted by atomic mass is 79.9. The van der Waals surface area contributed by atoms with Gasteiger partial charge in [0.15, 0.2) is 6.10 Å². The number of halogens is 1. The van der Waals surface area contributed by atoms with Gasteiger partial charge < -0.3 is 9.64 Å². The number of nitrogens with zero attached hydrogens (tertiary/aromatic N) is 2. The normalized spacial score (nSPS) is 16.5. The Hall–Kier alpha value is -1.85. The summed E-state index contributed by atoms with van der Waals surface area (Å²) in [6.07, 6.45) is -0.477. The van der Waals surface area contributed by atoms with Gasteiger partial charge in [-0.3, -0.25) is 9.69 Å². The van der Waals surface area contributed by atoms with Crippen molar-refractivity contribution in [3.63, 3.8) is 0 Å². The highest BCUT2D eigenvalue weighted by Gasteiger charge is 2.26. The van der Waals surface area contributed by atoms with Gasteiger partial charge in [-0.1, -0.05) is 52.3 Å². The molecule has 0 spiro atoms. The van der Waals surface area contributed by atoms with Gasteiger partial charge in [-0.25, -0.2) is 0 Å². The lowest BCUT2D eigenvalue weighted by molar-refractivity contribution is -0.139. The summed E-state index contributed by atoms with van der Waals surface area (Å²) in [5.41, 5.74) is 1.31. The highest BCUT2D eigenvalue weighted by Crippen LogP contribution is 2.19. The lowest BCUT2D eigenvalue weighted by Crippen LogP contribution is -2.51. The third-order valence-electron chi connectivity index (χ3n) is 4.39. The molecule has 2 aromatic rings. The highest BCUT2D eigenvalue weighted by molar-refractivity contribution is 9.10. The molecule has 0 saturated carbocycles. The molecule has 3 rings (SSSR count). The van der Waals surface area contributed by atoms with E-state index in [0.29, 0.717) is 5.75 Å². The van der Waals surface area contributed by atoms with Crippen LogP contribution in [0.3, 0.4) is 0 Å². The SMILES string of the molecule is C[C@H](Oc1cccc(Br)c1)C(=O)N1CCN(Cc2ccccc2)CC1. The monoisotopic (exact) mass is 402 g/mol. The van der Waals surface area contributed by atoms with Gasteiger partial charge in [0.25, 0.3) is 5.91 Å². The maximum Gasteiger partial charge on any atom is 0.263 e. The fraction of sp³-hybridized carbons (Fsp3) is 0.350. The van der Waals surface area contributed by atoms with Crippen molar-refractivity contribution >= 4 is 21.8 Å². The molecule has 1 amide bonds. The van der Waals surface area contributed by atoms with Crippen LogP contribution in [0.5, 0.6) is 5.75 Å². The van der Waals surface area contributed by atoms with E-state index >= 15 is 0 Å². The van der Waals surface area contributed by atoms with Crippen molar-refractivity contribution in [3.05, 3.63) is 64.6 Å². The van der Waals surface area contributed by atoms with Crippen molar-refractivity contribution < 1.29 is 9.53 Å². The number of ether oxygens (including phenoxy) is 1. The van der Waals surface area contributed by atoms with Crippen molar-refractivity contribution in [1.82, 2.24) is 9.80 Å². The predicted molar refractivity (Wildman–Crippen MR) is 103 cm³/mol. The summed E-state index contributed by atoms with van der Waals surface area (Å²) in [7, 11) is 0. The number of hydrogen-bond acceptors (Lipinski definition) is 3. The zero-order chi connectivity index (χ0) is 17.6. The average Bonchev–Trinajstić information content (AvgIpc) is 2.62. The van der Waals surface area contributed by atoms with E-state index in [1.54, 1.807) is 0 Å². The van der Waals surface area contributed by atoms with Crippen molar-refractivity contribution in [1.29, 1.82) is 0 Å². The standard InChI is InChI=1S/C20H23BrN2O2/c1-16(25-19-9-5-8-18(21)14-19)20(24)23-12-10-22(11-13-23)15-17-6-3-2-4-7-17/h2-9,14,16H,10-13,15H2,1H3/t16-/m0/s1. The van der Waals surface area contributed by atoms with E-state index in [1.807, 2.05) is 42.2 Å². The molecule has 2 aromatic carbocycles. The van der Waals surface area contributed by atoms with E-state index < -0.39 is 6.10 Å². The van der Waals surface area contributed by atoms with E-state index in [-0.39, 0.29) is 5.91 Å². The zero-order valence-corrected chi connectivity index (χ0v) is 16.0. The number of carbonyl (C=O) groups excluding carboxylic acids is 1. The smallest absolute Gasteiger partial charge is 0.263 e. The largest absolute Gasteiger partial charge is 0.481 e. The van der Waals surface area contributed by atoms with Crippen LogP contribution in [0.2, 0.25) is 0 Å². The van der Waals surface area contributed by atoms with E-state index in [1.165, 1.54) is 5.56 Å². The van der Waals surface area contributed by atoms with Crippen molar-refractivity contribution in [2.75, 3.05) is 26.2 Å². The summed E-state index contributed by atoms with van der Waals surface area (Å²) in [6.45, 7) is 6.04. The second-order valence-electron chi connectivity index (χ2n) is 6.30. The topological polar surface area (TPSA) is 32.8 Å². The van der Waals surface area contributed by atoms with E-state index in [2.05, 4.69) is 45.1 Å². The van der Waals surface area contributed by atoms with Gasteiger partial charge in [0.1, 0.15) is 5.75 Å². The fourth-order valence-electron chi connectivity index (χ4n) is 3.02. The summed E-state index contributed by atoms with van der Waals surface area (Å²) in [5.74, 6) is 0.761. The molecule has 5 heteroatoms. The molecule has 132 valence electrons. The Morgan fingerprint density at radius 3 is 2.48 bits per heavy atom. The lowest BCUT2D eigenvalue weighted by Gasteiger charge is -2.35. The Morgan fingerprint density at radius 2 is 1.80 bits per heavy atom. The van der Waals surface area contributed by atoms with Crippen LogP contribution in [-0.2, 0) is 11.3 Å². The van der Waals surface area contributed by atoms with Crippen LogP contribution < -0.4 is 4.74 Å². The summed E-state index contributed by atoms with van der Waals surface area (Å²) in [5, 5.41) is 0. The molecule has 1 saturated heterocycles. The van der Waals surface area contributed by atoms with Crippen molar-refractivity contribution in [3.8, 4) is 5.75 Å². The number of carbonyl (C=O) groups is 1. The van der Waals surface area contributed by atoms with Gasteiger partial charge in [-0.2, -0.15) is 0 Å². The van der Waals surface area contributed by atoms with Crippen LogP contribution in [0.15, 0.2) is 59.1 Å². The minimum Gasteiger partial charge on any atom is -0.481 e. The third kappa shape index (κ3) is 5.06. The lowest BCUT2D eigenvalue weighted by atomic mass is 10.2. The Labute approximate surface area is 157 Å². The van der Waals surface area contributed by atoms with Gasteiger partial charge in [0.05, 0.1) is 0 Å². The molecule has 1 atom stereocenters. The van der Waals surface area contributed by atoms with Crippen LogP contribution in [0.4, 0.5) is 0 Å². The average molecular weight is 403 g/mol. The summed E-state index contributed by atoms with van der Waals surface area (Å²) in [6, 6.07) is 18.0. The number of piperazine rings is 1. The molecule has 0 unspecified atom stereocenters. The minimum absolute atomic E-state index is 0.0549. The Kier molecular flexibility index (Phi) is 6.10. The first-order chi connectivity index (χ1) is 12.1. The second-order valence-corrected chi connectivity index (χ2v) is 7.22. The molecular formula is C20H23BrN2O2. The minimum atomic E-state index is -0.477. The Balaban J connectivity index is 1.49. The molecular weight excluding hydrogens is 380 g/mol.